The fraction of sp³-hybridized carbons (Fsp3) is 0.522. The van der Waals surface area contributed by atoms with Crippen LogP contribution >= 0.6 is 11.3 Å². The highest BCUT2D eigenvalue weighted by atomic mass is 32.1. The molecule has 2 amide bonds. The summed E-state index contributed by atoms with van der Waals surface area (Å²) in [6.07, 6.45) is -0.0897. The number of β-amino-alcohol motifs (C(OH)–C–C–N with tert-alkyl or cyclic N) is 1. The first-order valence-corrected chi connectivity index (χ1v) is 11.4. The molecule has 1 aliphatic rings. The van der Waals surface area contributed by atoms with Gasteiger partial charge in [-0.2, -0.15) is 0 Å². The molecule has 3 rings (SSSR count). The van der Waals surface area contributed by atoms with Crippen LogP contribution in [0, 0.1) is 12.3 Å². The van der Waals surface area contributed by atoms with Crippen LogP contribution in [0.25, 0.3) is 10.4 Å². The zero-order chi connectivity index (χ0) is 22.8. The minimum Gasteiger partial charge on any atom is -0.391 e. The van der Waals surface area contributed by atoms with E-state index in [2.05, 4.69) is 10.3 Å². The number of nitrogens with zero attached hydrogens (tertiary/aromatic N) is 2. The van der Waals surface area contributed by atoms with E-state index in [9.17, 15) is 14.7 Å². The Balaban J connectivity index is 1.56. The average Bonchev–Trinajstić information content (AvgIpc) is 3.30. The normalized spacial score (nSPS) is 20.0. The number of hydrogen-bond acceptors (Lipinski definition) is 6. The van der Waals surface area contributed by atoms with E-state index in [1.54, 1.807) is 16.2 Å². The summed E-state index contributed by atoms with van der Waals surface area (Å²) in [4.78, 5) is 32.4. The molecule has 1 fully saturated rings. The summed E-state index contributed by atoms with van der Waals surface area (Å²) in [6, 6.07) is 7.03. The van der Waals surface area contributed by atoms with Crippen LogP contribution in [0.1, 0.15) is 44.9 Å². The number of thiazole rings is 1. The molecule has 0 unspecified atom stereocenters. The lowest BCUT2D eigenvalue weighted by molar-refractivity contribution is -0.136. The van der Waals surface area contributed by atoms with Crippen molar-refractivity contribution >= 4 is 23.2 Å². The molecule has 8 heteroatoms. The summed E-state index contributed by atoms with van der Waals surface area (Å²) in [5, 5.41) is 13.0. The maximum Gasteiger partial charge on any atom is 0.240 e. The number of benzene rings is 1. The Morgan fingerprint density at radius 2 is 2.00 bits per heavy atom. The number of nitrogens with two attached hydrogens (primary N) is 1. The van der Waals surface area contributed by atoms with Gasteiger partial charge in [0, 0.05) is 25.6 Å². The Bertz CT molecular complexity index is 920. The molecule has 0 aliphatic carbocycles. The van der Waals surface area contributed by atoms with Gasteiger partial charge in [0.05, 0.1) is 28.2 Å². The third-order valence-electron chi connectivity index (χ3n) is 5.75. The lowest BCUT2D eigenvalue weighted by Crippen LogP contribution is -2.52. The molecular weight excluding hydrogens is 412 g/mol. The van der Waals surface area contributed by atoms with Crippen LogP contribution in [-0.2, 0) is 16.1 Å². The molecule has 3 atom stereocenters. The van der Waals surface area contributed by atoms with E-state index in [1.165, 1.54) is 0 Å². The number of rotatable bonds is 6. The summed E-state index contributed by atoms with van der Waals surface area (Å²) >= 11 is 1.61. The van der Waals surface area contributed by atoms with Gasteiger partial charge in [0.1, 0.15) is 0 Å². The van der Waals surface area contributed by atoms with Crippen molar-refractivity contribution in [3.63, 3.8) is 0 Å². The van der Waals surface area contributed by atoms with Crippen molar-refractivity contribution in [1.29, 1.82) is 0 Å². The number of carbonyl (C=O) groups is 2. The van der Waals surface area contributed by atoms with Crippen LogP contribution in [0.15, 0.2) is 29.8 Å². The maximum atomic E-state index is 12.8. The molecule has 4 N–H and O–H groups in total. The molecule has 1 aromatic carbocycles. The van der Waals surface area contributed by atoms with Gasteiger partial charge >= 0.3 is 0 Å². The molecule has 0 spiro atoms. The smallest absolute Gasteiger partial charge is 0.240 e. The Labute approximate surface area is 187 Å². The number of aliphatic hydroxyl groups is 1. The Kier molecular flexibility index (Phi) is 7.13. The summed E-state index contributed by atoms with van der Waals surface area (Å²) in [5.74, 6) is -0.362. The third-order valence-corrected chi connectivity index (χ3v) is 6.72. The molecule has 0 bridgehead atoms. The van der Waals surface area contributed by atoms with Crippen molar-refractivity contribution in [1.82, 2.24) is 15.2 Å². The van der Waals surface area contributed by atoms with Gasteiger partial charge in [-0.1, -0.05) is 45.0 Å². The van der Waals surface area contributed by atoms with Crippen LogP contribution in [0.5, 0.6) is 0 Å². The number of aryl methyl sites for hydroxylation is 1. The average molecular weight is 445 g/mol. The molecule has 0 radical (unpaired) electrons. The molecule has 7 nitrogen and oxygen atoms in total. The topological polar surface area (TPSA) is 109 Å². The van der Waals surface area contributed by atoms with Crippen molar-refractivity contribution in [3.8, 4) is 10.4 Å². The molecule has 2 heterocycles. The van der Waals surface area contributed by atoms with Crippen molar-refractivity contribution in [2.45, 2.75) is 65.3 Å². The summed E-state index contributed by atoms with van der Waals surface area (Å²) < 4.78 is 0. The second-order valence-electron chi connectivity index (χ2n) is 9.32. The lowest BCUT2D eigenvalue weighted by atomic mass is 9.86. The van der Waals surface area contributed by atoms with E-state index < -0.39 is 12.1 Å². The fourth-order valence-electron chi connectivity index (χ4n) is 3.74. The fourth-order valence-corrected chi connectivity index (χ4v) is 4.56. The number of nitrogens with one attached hydrogen (secondary N) is 1. The SMILES string of the molecule is Cc1ncsc1-c1ccc(CNC(=O)C[C@H]2C[C@@H](O)CN2C(=O)[C@@H](N)C(C)(C)C)cc1. The van der Waals surface area contributed by atoms with Gasteiger partial charge in [-0.3, -0.25) is 9.59 Å². The first-order chi connectivity index (χ1) is 14.6. The minimum atomic E-state index is -0.677. The predicted octanol–water partition coefficient (Wildman–Crippen LogP) is 2.46. The largest absolute Gasteiger partial charge is 0.391 e. The highest BCUT2D eigenvalue weighted by Gasteiger charge is 2.40. The maximum absolute atomic E-state index is 12.8. The zero-order valence-electron chi connectivity index (χ0n) is 18.6. The number of likely N-dealkylation sites (tertiary alicyclic amines) is 1. The molecule has 1 aliphatic heterocycles. The van der Waals surface area contributed by atoms with E-state index in [4.69, 9.17) is 5.73 Å². The summed E-state index contributed by atoms with van der Waals surface area (Å²) in [5.41, 5.74) is 10.7. The van der Waals surface area contributed by atoms with Gasteiger partial charge in [-0.15, -0.1) is 11.3 Å². The van der Waals surface area contributed by atoms with E-state index in [-0.39, 0.29) is 36.2 Å². The second kappa shape index (κ2) is 9.46. The minimum absolute atomic E-state index is 0.149. The highest BCUT2D eigenvalue weighted by Crippen LogP contribution is 2.28. The highest BCUT2D eigenvalue weighted by molar-refractivity contribution is 7.13. The number of amides is 2. The number of aromatic nitrogens is 1. The standard InChI is InChI=1S/C23H32N4O3S/c1-14-20(31-13-26-14)16-7-5-15(6-8-16)11-25-19(29)10-17-9-18(28)12-27(17)22(30)21(24)23(2,3)4/h5-8,13,17-18,21,28H,9-12,24H2,1-4H3,(H,25,29)/t17-,18-,21-/m1/s1. The van der Waals surface area contributed by atoms with Crippen molar-refractivity contribution in [2.75, 3.05) is 6.54 Å². The molecular formula is C23H32N4O3S. The first-order valence-electron chi connectivity index (χ1n) is 10.6. The Morgan fingerprint density at radius 1 is 1.32 bits per heavy atom. The predicted molar refractivity (Wildman–Crippen MR) is 122 cm³/mol. The monoisotopic (exact) mass is 444 g/mol. The second-order valence-corrected chi connectivity index (χ2v) is 10.2. The van der Waals surface area contributed by atoms with Gasteiger partial charge in [-0.05, 0) is 29.9 Å². The van der Waals surface area contributed by atoms with E-state index in [0.29, 0.717) is 13.0 Å². The number of hydrogen-bond donors (Lipinski definition) is 3. The molecule has 1 saturated heterocycles. The lowest BCUT2D eigenvalue weighted by Gasteiger charge is -2.32. The molecule has 168 valence electrons. The first kappa shape index (κ1) is 23.4. The van der Waals surface area contributed by atoms with Gasteiger partial charge in [-0.25, -0.2) is 4.98 Å². The van der Waals surface area contributed by atoms with Crippen molar-refractivity contribution < 1.29 is 14.7 Å². The molecule has 0 saturated carbocycles. The summed E-state index contributed by atoms with van der Waals surface area (Å²) in [7, 11) is 0. The molecule has 2 aromatic rings. The Morgan fingerprint density at radius 3 is 2.58 bits per heavy atom. The third kappa shape index (κ3) is 5.70. The zero-order valence-corrected chi connectivity index (χ0v) is 19.4. The van der Waals surface area contributed by atoms with Crippen LogP contribution in [0.3, 0.4) is 0 Å². The quantitative estimate of drug-likeness (QED) is 0.634. The van der Waals surface area contributed by atoms with Crippen LogP contribution in [-0.4, -0.2) is 51.5 Å². The Hall–Kier alpha value is -2.29. The van der Waals surface area contributed by atoms with Gasteiger partial charge in [0.2, 0.25) is 11.8 Å². The number of carbonyl (C=O) groups excluding carboxylic acids is 2. The van der Waals surface area contributed by atoms with E-state index in [0.717, 1.165) is 21.7 Å². The van der Waals surface area contributed by atoms with Gasteiger partial charge in [0.15, 0.2) is 0 Å². The van der Waals surface area contributed by atoms with Gasteiger partial charge < -0.3 is 21.1 Å². The summed E-state index contributed by atoms with van der Waals surface area (Å²) in [6.45, 7) is 8.34. The van der Waals surface area contributed by atoms with E-state index in [1.807, 2.05) is 57.5 Å². The molecule has 1 aromatic heterocycles. The van der Waals surface area contributed by atoms with Crippen LogP contribution in [0.2, 0.25) is 0 Å². The molecule has 31 heavy (non-hydrogen) atoms. The van der Waals surface area contributed by atoms with Crippen molar-refractivity contribution in [2.24, 2.45) is 11.1 Å². The van der Waals surface area contributed by atoms with Gasteiger partial charge in [0.25, 0.3) is 0 Å². The van der Waals surface area contributed by atoms with E-state index >= 15 is 0 Å². The van der Waals surface area contributed by atoms with Crippen molar-refractivity contribution in [3.05, 3.63) is 41.0 Å². The van der Waals surface area contributed by atoms with Crippen LogP contribution < -0.4 is 11.1 Å². The van der Waals surface area contributed by atoms with Crippen LogP contribution in [0.4, 0.5) is 0 Å². The number of aliphatic hydroxyl groups excluding tert-OH is 1.